The van der Waals surface area contributed by atoms with E-state index in [1.165, 1.54) is 18.9 Å². The van der Waals surface area contributed by atoms with Crippen LogP contribution in [0.25, 0.3) is 0 Å². The highest BCUT2D eigenvalue weighted by Gasteiger charge is 2.07. The van der Waals surface area contributed by atoms with Gasteiger partial charge in [0.2, 0.25) is 0 Å². The first-order valence-electron chi connectivity index (χ1n) is 4.28. The van der Waals surface area contributed by atoms with Gasteiger partial charge in [0.1, 0.15) is 0 Å². The second-order valence-electron chi connectivity index (χ2n) is 2.73. The number of rotatable bonds is 4. The fraction of sp³-hybridized carbons (Fsp3) is 0.300. The Morgan fingerprint density at radius 3 is 3.00 bits per heavy atom. The molecule has 15 heavy (non-hydrogen) atoms. The Kier molecular flexibility index (Phi) is 5.11. The summed E-state index contributed by atoms with van der Waals surface area (Å²) in [7, 11) is 1.34. The number of hydrogen-bond donors (Lipinski definition) is 0. The van der Waals surface area contributed by atoms with E-state index in [-0.39, 0.29) is 18.2 Å². The molecule has 0 aliphatic rings. The average Bonchev–Trinajstić information content (AvgIpc) is 2.24. The fourth-order valence-corrected chi connectivity index (χ4v) is 2.34. The monoisotopic (exact) mass is 292 g/mol. The summed E-state index contributed by atoms with van der Waals surface area (Å²) in [5.41, 5.74) is 0. The summed E-state index contributed by atoms with van der Waals surface area (Å²) in [4.78, 5) is 11.4. The zero-order chi connectivity index (χ0) is 11.3. The zero-order valence-corrected chi connectivity index (χ0v) is 10.5. The molecule has 0 N–H and O–H groups in total. The van der Waals surface area contributed by atoms with Crippen LogP contribution in [0.4, 0.5) is 4.39 Å². The predicted molar refractivity (Wildman–Crippen MR) is 61.5 cm³/mol. The maximum Gasteiger partial charge on any atom is 0.306 e. The standard InChI is InChI=1S/C10H10BrFO2S/c1-14-9(13)5-6-15-8-4-2-3-7(11)10(8)12/h2-4H,5-6H2,1H3. The summed E-state index contributed by atoms with van der Waals surface area (Å²) in [5, 5.41) is 0. The van der Waals surface area contributed by atoms with E-state index >= 15 is 0 Å². The van der Waals surface area contributed by atoms with Crippen molar-refractivity contribution < 1.29 is 13.9 Å². The van der Waals surface area contributed by atoms with Gasteiger partial charge in [0.05, 0.1) is 18.0 Å². The maximum absolute atomic E-state index is 13.4. The van der Waals surface area contributed by atoms with Crippen LogP contribution >= 0.6 is 27.7 Å². The van der Waals surface area contributed by atoms with E-state index in [1.54, 1.807) is 18.2 Å². The number of halogens is 2. The molecule has 0 aliphatic carbocycles. The maximum atomic E-state index is 13.4. The zero-order valence-electron chi connectivity index (χ0n) is 8.13. The van der Waals surface area contributed by atoms with Crippen molar-refractivity contribution in [2.75, 3.05) is 12.9 Å². The summed E-state index contributed by atoms with van der Waals surface area (Å²) in [6.45, 7) is 0. The molecule has 0 amide bonds. The van der Waals surface area contributed by atoms with Crippen molar-refractivity contribution in [1.29, 1.82) is 0 Å². The van der Waals surface area contributed by atoms with Crippen LogP contribution in [-0.4, -0.2) is 18.8 Å². The van der Waals surface area contributed by atoms with Gasteiger partial charge in [-0.05, 0) is 28.1 Å². The first-order chi connectivity index (χ1) is 7.15. The van der Waals surface area contributed by atoms with E-state index in [4.69, 9.17) is 0 Å². The van der Waals surface area contributed by atoms with Gasteiger partial charge >= 0.3 is 5.97 Å². The number of ether oxygens (including phenoxy) is 1. The molecule has 2 nitrogen and oxygen atoms in total. The summed E-state index contributed by atoms with van der Waals surface area (Å²) in [6.07, 6.45) is 0.285. The normalized spacial score (nSPS) is 10.1. The quantitative estimate of drug-likeness (QED) is 0.629. The SMILES string of the molecule is COC(=O)CCSc1cccc(Br)c1F. The van der Waals surface area contributed by atoms with E-state index in [1.807, 2.05) is 0 Å². The number of methoxy groups -OCH3 is 1. The number of carbonyl (C=O) groups is 1. The number of carbonyl (C=O) groups excluding carboxylic acids is 1. The molecule has 5 heteroatoms. The summed E-state index contributed by atoms with van der Waals surface area (Å²) in [5.74, 6) is -0.0506. The summed E-state index contributed by atoms with van der Waals surface area (Å²) < 4.78 is 18.3. The van der Waals surface area contributed by atoms with Crippen molar-refractivity contribution in [3.63, 3.8) is 0 Å². The van der Waals surface area contributed by atoms with Crippen LogP contribution in [0.1, 0.15) is 6.42 Å². The van der Waals surface area contributed by atoms with Crippen molar-refractivity contribution in [1.82, 2.24) is 0 Å². The van der Waals surface area contributed by atoms with E-state index < -0.39 is 0 Å². The number of hydrogen-bond acceptors (Lipinski definition) is 3. The lowest BCUT2D eigenvalue weighted by molar-refractivity contribution is -0.140. The predicted octanol–water partition coefficient (Wildman–Crippen LogP) is 3.24. The first-order valence-corrected chi connectivity index (χ1v) is 6.06. The van der Waals surface area contributed by atoms with Gasteiger partial charge in [-0.25, -0.2) is 4.39 Å². The third-order valence-electron chi connectivity index (χ3n) is 1.71. The molecule has 82 valence electrons. The largest absolute Gasteiger partial charge is 0.469 e. The second-order valence-corrected chi connectivity index (χ2v) is 4.72. The van der Waals surface area contributed by atoms with Gasteiger partial charge in [0.25, 0.3) is 0 Å². The van der Waals surface area contributed by atoms with Gasteiger partial charge in [-0.2, -0.15) is 0 Å². The topological polar surface area (TPSA) is 26.3 Å². The van der Waals surface area contributed by atoms with E-state index in [0.29, 0.717) is 15.1 Å². The smallest absolute Gasteiger partial charge is 0.306 e. The van der Waals surface area contributed by atoms with Gasteiger partial charge in [0, 0.05) is 10.6 Å². The van der Waals surface area contributed by atoms with Crippen LogP contribution in [0.15, 0.2) is 27.6 Å². The molecule has 0 bridgehead atoms. The first kappa shape index (κ1) is 12.5. The summed E-state index contributed by atoms with van der Waals surface area (Å²) >= 11 is 4.40. The molecule has 0 aromatic heterocycles. The molecule has 1 rings (SSSR count). The number of thioether (sulfide) groups is 1. The Hall–Kier alpha value is -0.550. The van der Waals surface area contributed by atoms with E-state index in [0.717, 1.165) is 0 Å². The van der Waals surface area contributed by atoms with Crippen molar-refractivity contribution in [3.8, 4) is 0 Å². The van der Waals surface area contributed by atoms with Gasteiger partial charge in [-0.1, -0.05) is 6.07 Å². The minimum absolute atomic E-state index is 0.280. The fourth-order valence-electron chi connectivity index (χ4n) is 0.942. The van der Waals surface area contributed by atoms with Crippen LogP contribution in [-0.2, 0) is 9.53 Å². The van der Waals surface area contributed by atoms with Gasteiger partial charge in [-0.3, -0.25) is 4.79 Å². The number of benzene rings is 1. The highest BCUT2D eigenvalue weighted by atomic mass is 79.9. The Labute approximate surface area is 100 Å². The molecule has 1 aromatic rings. The van der Waals surface area contributed by atoms with Crippen LogP contribution in [0.2, 0.25) is 0 Å². The lowest BCUT2D eigenvalue weighted by atomic mass is 10.3. The van der Waals surface area contributed by atoms with Crippen LogP contribution < -0.4 is 0 Å². The molecule has 0 saturated carbocycles. The number of esters is 1. The van der Waals surface area contributed by atoms with Crippen LogP contribution in [0.5, 0.6) is 0 Å². The van der Waals surface area contributed by atoms with Gasteiger partial charge in [-0.15, -0.1) is 11.8 Å². The lowest BCUT2D eigenvalue weighted by Gasteiger charge is -2.03. The molecular formula is C10H10BrFO2S. The van der Waals surface area contributed by atoms with Crippen molar-refractivity contribution in [3.05, 3.63) is 28.5 Å². The molecule has 0 fully saturated rings. The third kappa shape index (κ3) is 3.83. The van der Waals surface area contributed by atoms with Crippen LogP contribution in [0.3, 0.4) is 0 Å². The molecule has 0 radical (unpaired) electrons. The molecule has 0 unspecified atom stereocenters. The Bertz CT molecular complexity index is 357. The lowest BCUT2D eigenvalue weighted by Crippen LogP contribution is -2.01. The van der Waals surface area contributed by atoms with Crippen LogP contribution in [0, 0.1) is 5.82 Å². The van der Waals surface area contributed by atoms with E-state index in [2.05, 4.69) is 20.7 Å². The molecular weight excluding hydrogens is 283 g/mol. The highest BCUT2D eigenvalue weighted by Crippen LogP contribution is 2.27. The average molecular weight is 293 g/mol. The highest BCUT2D eigenvalue weighted by molar-refractivity contribution is 9.10. The van der Waals surface area contributed by atoms with Gasteiger partial charge < -0.3 is 4.74 Å². The molecule has 0 atom stereocenters. The molecule has 0 saturated heterocycles. The van der Waals surface area contributed by atoms with Crippen molar-refractivity contribution >= 4 is 33.7 Å². The molecule has 0 aliphatic heterocycles. The van der Waals surface area contributed by atoms with E-state index in [9.17, 15) is 9.18 Å². The molecule has 0 heterocycles. The van der Waals surface area contributed by atoms with Crippen molar-refractivity contribution in [2.45, 2.75) is 11.3 Å². The molecule has 1 aromatic carbocycles. The molecule has 0 spiro atoms. The Balaban J connectivity index is 2.51. The minimum Gasteiger partial charge on any atom is -0.469 e. The van der Waals surface area contributed by atoms with Crippen molar-refractivity contribution in [2.24, 2.45) is 0 Å². The third-order valence-corrected chi connectivity index (χ3v) is 3.35. The van der Waals surface area contributed by atoms with Gasteiger partial charge in [0.15, 0.2) is 5.82 Å². The summed E-state index contributed by atoms with van der Waals surface area (Å²) in [6, 6.07) is 5.08. The minimum atomic E-state index is -0.285. The Morgan fingerprint density at radius 2 is 2.33 bits per heavy atom. The second kappa shape index (κ2) is 6.12. The Morgan fingerprint density at radius 1 is 1.60 bits per heavy atom.